The zero-order chi connectivity index (χ0) is 16.3. The summed E-state index contributed by atoms with van der Waals surface area (Å²) < 4.78 is 6.97. The highest BCUT2D eigenvalue weighted by molar-refractivity contribution is 8.93. The summed E-state index contributed by atoms with van der Waals surface area (Å²) in [5.74, 6) is 0.0944. The third-order valence-corrected chi connectivity index (χ3v) is 4.01. The number of aromatic nitrogens is 2. The Kier molecular flexibility index (Phi) is 5.94. The number of azide groups is 1. The van der Waals surface area contributed by atoms with E-state index in [1.807, 2.05) is 0 Å². The van der Waals surface area contributed by atoms with Crippen LogP contribution in [0.4, 0.5) is 5.95 Å². The van der Waals surface area contributed by atoms with Crippen molar-refractivity contribution < 1.29 is 19.2 Å². The maximum Gasteiger partial charge on any atom is 0.396 e. The van der Waals surface area contributed by atoms with E-state index in [4.69, 9.17) is 10.3 Å². The second-order valence-corrected chi connectivity index (χ2v) is 5.37. The van der Waals surface area contributed by atoms with Crippen molar-refractivity contribution >= 4 is 28.8 Å². The average molecular weight is 401 g/mol. The van der Waals surface area contributed by atoms with Crippen molar-refractivity contribution in [3.05, 3.63) is 28.9 Å². The van der Waals surface area contributed by atoms with Gasteiger partial charge in [0.25, 0.3) is 11.6 Å². The second-order valence-electron chi connectivity index (χ2n) is 5.37. The number of hydrogen-bond acceptors (Lipinski definition) is 6. The number of morpholine rings is 1. The number of hydrogen-bond donors (Lipinski definition) is 1. The van der Waals surface area contributed by atoms with Crippen molar-refractivity contribution in [2.24, 2.45) is 5.11 Å². The maximum atomic E-state index is 12.9. The van der Waals surface area contributed by atoms with Crippen LogP contribution in [0, 0.1) is 0 Å². The summed E-state index contributed by atoms with van der Waals surface area (Å²) in [5, 5.41) is 14.6. The van der Waals surface area contributed by atoms with Crippen LogP contribution in [-0.2, 0) is 16.1 Å². The molecule has 1 aromatic rings. The summed E-state index contributed by atoms with van der Waals surface area (Å²) in [7, 11) is 0. The van der Waals surface area contributed by atoms with Gasteiger partial charge in [0.2, 0.25) is 0 Å². The second kappa shape index (κ2) is 7.75. The van der Waals surface area contributed by atoms with E-state index < -0.39 is 5.72 Å². The number of nitrogens with zero attached hydrogens (tertiary/aromatic N) is 7. The van der Waals surface area contributed by atoms with E-state index in [1.165, 1.54) is 4.90 Å². The number of fused-ring (bicyclic) bond motifs is 1. The molecule has 1 amide bonds. The first-order valence-electron chi connectivity index (χ1n) is 7.39. The van der Waals surface area contributed by atoms with Crippen LogP contribution in [0.5, 0.6) is 0 Å². The van der Waals surface area contributed by atoms with Crippen molar-refractivity contribution in [2.75, 3.05) is 44.3 Å². The molecule has 2 aliphatic rings. The minimum Gasteiger partial charge on any atom is -0.378 e. The first-order valence-corrected chi connectivity index (χ1v) is 7.39. The standard InChI is InChI=1S/C13H18N7O3.BrH/c14-17-16-3-5-20-12-15-2-1-4-19(12)10-13(20,22)11(21)18-6-8-23-9-7-18;/h1-2,4,22H,3,5-10H2;1H/q+1;. The molecule has 2 aliphatic heterocycles. The molecule has 1 aromatic heterocycles. The third kappa shape index (κ3) is 3.29. The summed E-state index contributed by atoms with van der Waals surface area (Å²) in [6.45, 7) is 2.22. The van der Waals surface area contributed by atoms with Gasteiger partial charge in [0, 0.05) is 24.1 Å². The molecule has 0 spiro atoms. The van der Waals surface area contributed by atoms with Crippen molar-refractivity contribution in [1.29, 1.82) is 0 Å². The van der Waals surface area contributed by atoms with Crippen LogP contribution >= 0.6 is 17.0 Å². The van der Waals surface area contributed by atoms with Gasteiger partial charge in [-0.25, -0.2) is 9.47 Å². The Morgan fingerprint density at radius 3 is 3.00 bits per heavy atom. The predicted octanol–water partition coefficient (Wildman–Crippen LogP) is -0.375. The van der Waals surface area contributed by atoms with Gasteiger partial charge in [-0.15, -0.1) is 17.0 Å². The molecule has 1 saturated heterocycles. The summed E-state index contributed by atoms with van der Waals surface area (Å²) in [5.41, 5.74) is 6.71. The van der Waals surface area contributed by atoms with Crippen molar-refractivity contribution in [3.63, 3.8) is 0 Å². The van der Waals surface area contributed by atoms with Crippen LogP contribution in [0.25, 0.3) is 10.4 Å². The fourth-order valence-corrected chi connectivity index (χ4v) is 2.91. The zero-order valence-corrected chi connectivity index (χ0v) is 14.7. The molecule has 3 rings (SSSR count). The molecule has 0 aromatic carbocycles. The lowest BCUT2D eigenvalue weighted by molar-refractivity contribution is -0.682. The SMILES string of the molecule is Br.[N-]=[N+]=NCCN1c2nccc[n+]2CC1(O)C(=O)N1CCOCC1. The molecule has 0 bridgehead atoms. The molecular formula is C13H19BrN7O3+. The van der Waals surface area contributed by atoms with Crippen molar-refractivity contribution in [3.8, 4) is 0 Å². The molecule has 1 fully saturated rings. The number of carbonyl (C=O) groups is 1. The molecule has 0 saturated carbocycles. The van der Waals surface area contributed by atoms with Gasteiger partial charge in [-0.2, -0.15) is 0 Å². The van der Waals surface area contributed by atoms with E-state index in [1.54, 1.807) is 27.9 Å². The van der Waals surface area contributed by atoms with Gasteiger partial charge in [0.1, 0.15) is 12.7 Å². The van der Waals surface area contributed by atoms with Gasteiger partial charge < -0.3 is 14.7 Å². The highest BCUT2D eigenvalue weighted by atomic mass is 79.9. The first kappa shape index (κ1) is 18.4. The topological polar surface area (TPSA) is 119 Å². The summed E-state index contributed by atoms with van der Waals surface area (Å²) >= 11 is 0. The Hall–Kier alpha value is -1.94. The Bertz CT molecular complexity index is 648. The molecule has 3 heterocycles. The third-order valence-electron chi connectivity index (χ3n) is 4.01. The molecule has 11 heteroatoms. The monoisotopic (exact) mass is 400 g/mol. The quantitative estimate of drug-likeness (QED) is 0.320. The largest absolute Gasteiger partial charge is 0.396 e. The van der Waals surface area contributed by atoms with Gasteiger partial charge in [0.15, 0.2) is 0 Å². The smallest absolute Gasteiger partial charge is 0.378 e. The van der Waals surface area contributed by atoms with Crippen LogP contribution in [0.15, 0.2) is 23.6 Å². The molecule has 0 radical (unpaired) electrons. The van der Waals surface area contributed by atoms with Crippen LogP contribution in [0.2, 0.25) is 0 Å². The van der Waals surface area contributed by atoms with Crippen molar-refractivity contribution in [2.45, 2.75) is 12.3 Å². The predicted molar refractivity (Wildman–Crippen MR) is 88.5 cm³/mol. The number of carbonyl (C=O) groups excluding carboxylic acids is 1. The Balaban J connectivity index is 0.00000208. The summed E-state index contributed by atoms with van der Waals surface area (Å²) in [4.78, 5) is 22.9. The molecule has 130 valence electrons. The average Bonchev–Trinajstić information content (AvgIpc) is 2.88. The van der Waals surface area contributed by atoms with Crippen LogP contribution in [-0.4, -0.2) is 66.0 Å². The summed E-state index contributed by atoms with van der Waals surface area (Å²) in [6, 6.07) is 1.74. The lowest BCUT2D eigenvalue weighted by Crippen LogP contribution is -2.62. The Morgan fingerprint density at radius 2 is 2.29 bits per heavy atom. The fraction of sp³-hybridized carbons (Fsp3) is 0.615. The highest BCUT2D eigenvalue weighted by Gasteiger charge is 2.57. The van der Waals surface area contributed by atoms with Crippen LogP contribution < -0.4 is 9.47 Å². The van der Waals surface area contributed by atoms with E-state index in [-0.39, 0.29) is 42.5 Å². The molecule has 1 atom stereocenters. The summed E-state index contributed by atoms with van der Waals surface area (Å²) in [6.07, 6.45) is 3.35. The number of amides is 1. The first-order chi connectivity index (χ1) is 11.2. The van der Waals surface area contributed by atoms with E-state index in [0.29, 0.717) is 32.3 Å². The van der Waals surface area contributed by atoms with Crippen LogP contribution in [0.3, 0.4) is 0 Å². The molecular weight excluding hydrogens is 382 g/mol. The number of anilines is 1. The van der Waals surface area contributed by atoms with E-state index in [2.05, 4.69) is 15.0 Å². The normalized spacial score (nSPS) is 22.4. The lowest BCUT2D eigenvalue weighted by atomic mass is 10.1. The Labute approximate surface area is 149 Å². The lowest BCUT2D eigenvalue weighted by Gasteiger charge is -2.34. The highest BCUT2D eigenvalue weighted by Crippen LogP contribution is 2.26. The molecule has 24 heavy (non-hydrogen) atoms. The number of ether oxygens (including phenoxy) is 1. The van der Waals surface area contributed by atoms with Crippen molar-refractivity contribution in [1.82, 2.24) is 9.88 Å². The van der Waals surface area contributed by atoms with E-state index >= 15 is 0 Å². The van der Waals surface area contributed by atoms with Crippen LogP contribution in [0.1, 0.15) is 0 Å². The number of halogens is 1. The Morgan fingerprint density at radius 1 is 1.54 bits per heavy atom. The minimum absolute atomic E-state index is 0. The number of aliphatic hydroxyl groups is 1. The van der Waals surface area contributed by atoms with E-state index in [9.17, 15) is 9.90 Å². The number of rotatable bonds is 4. The van der Waals surface area contributed by atoms with Gasteiger partial charge in [-0.1, -0.05) is 10.1 Å². The molecule has 0 aliphatic carbocycles. The zero-order valence-electron chi connectivity index (χ0n) is 13.0. The van der Waals surface area contributed by atoms with Gasteiger partial charge in [0.05, 0.1) is 32.5 Å². The van der Waals surface area contributed by atoms with Gasteiger partial charge in [-0.3, -0.25) is 4.79 Å². The minimum atomic E-state index is -1.73. The molecule has 10 nitrogen and oxygen atoms in total. The maximum absolute atomic E-state index is 12.9. The van der Waals surface area contributed by atoms with Gasteiger partial charge >= 0.3 is 5.95 Å². The van der Waals surface area contributed by atoms with Gasteiger partial charge in [-0.05, 0) is 5.53 Å². The van der Waals surface area contributed by atoms with E-state index in [0.717, 1.165) is 0 Å². The fourth-order valence-electron chi connectivity index (χ4n) is 2.91. The molecule has 1 N–H and O–H groups in total. The molecule has 1 unspecified atom stereocenters.